The van der Waals surface area contributed by atoms with E-state index < -0.39 is 0 Å². The molecule has 0 unspecified atom stereocenters. The van der Waals surface area contributed by atoms with Gasteiger partial charge < -0.3 is 14.4 Å². The van der Waals surface area contributed by atoms with E-state index in [1.54, 1.807) is 67.4 Å². The average Bonchev–Trinajstić information content (AvgIpc) is 4.41. The molecule has 7 rings (SSSR count). The number of furan rings is 1. The lowest BCUT2D eigenvalue weighted by molar-refractivity contribution is 0.567. The van der Waals surface area contributed by atoms with Crippen molar-refractivity contribution in [3.05, 3.63) is 116 Å². The summed E-state index contributed by atoms with van der Waals surface area (Å²) in [6.07, 6.45) is 22.7. The summed E-state index contributed by atoms with van der Waals surface area (Å²) in [6.45, 7) is 102. The van der Waals surface area contributed by atoms with Crippen LogP contribution in [-0.2, 0) is 0 Å². The Labute approximate surface area is 583 Å². The summed E-state index contributed by atoms with van der Waals surface area (Å²) < 4.78 is 4.58. The highest BCUT2D eigenvalue weighted by atomic mass is 32.1. The Morgan fingerprint density at radius 3 is 0.659 bits per heavy atom. The van der Waals surface area contributed by atoms with E-state index in [1.165, 1.54) is 12.7 Å². The van der Waals surface area contributed by atoms with Gasteiger partial charge in [0.25, 0.3) is 0 Å². The molecule has 0 aliphatic carbocycles. The lowest BCUT2D eigenvalue weighted by Crippen LogP contribution is -1.66. The topological polar surface area (TPSA) is 165 Å². The molecule has 91 heavy (non-hydrogen) atoms. The van der Waals surface area contributed by atoms with Crippen LogP contribution >= 0.6 is 11.3 Å². The molecule has 0 amide bonds. The fourth-order valence-electron chi connectivity index (χ4n) is 1.52. The van der Waals surface area contributed by atoms with Gasteiger partial charge in [-0.15, -0.1) is 0 Å². The predicted octanol–water partition coefficient (Wildman–Crippen LogP) is 30.5. The molecule has 1 aliphatic heterocycles. The Hall–Kier alpha value is -4.91. The number of rotatable bonds is 0. The summed E-state index contributed by atoms with van der Waals surface area (Å²) in [7, 11) is 0. The van der Waals surface area contributed by atoms with Gasteiger partial charge in [0.1, 0.15) is 12.7 Å². The number of H-pyrrole nitrogens is 4. The van der Waals surface area contributed by atoms with E-state index >= 15 is 0 Å². The summed E-state index contributed by atoms with van der Waals surface area (Å²) in [5.41, 5.74) is 0. The molecule has 0 aromatic carbocycles. The number of imidazole rings is 1. The molecule has 0 radical (unpaired) electrons. The number of aromatic amines is 4. The van der Waals surface area contributed by atoms with Gasteiger partial charge in [-0.1, -0.05) is 351 Å². The van der Waals surface area contributed by atoms with E-state index in [0.29, 0.717) is 0 Å². The molecule has 6 aromatic heterocycles. The fourth-order valence-corrected chi connectivity index (χ4v) is 1.97. The zero-order valence-electron chi connectivity index (χ0n) is 71.8. The third-order valence-electron chi connectivity index (χ3n) is 2.86. The summed E-state index contributed by atoms with van der Waals surface area (Å²) in [5.74, 6) is 5.83. The van der Waals surface area contributed by atoms with Gasteiger partial charge in [-0.05, 0) is 76.5 Å². The SMILES string of the molecule is C1=NN=CC1.CC.CC.CC.CC.CC.CC.CC.CC.CC.CC.CC.CC.CC.CC.CC(C)C.CC(C)C.CC(C)C.CC(C)C.CC(C)C.CC(C)C.CC(C)C.c1c[nH]cn1.c1cc[nH]c1.c1ccoc1.c1ccsc1.c1cn[nH]n1.c1nc[nH]n1. The standard InChI is InChI=1S/C4H5N.C4H4O.C4H4S.7C4H10.2C3H4N2.2C2H3N3.14C2H6/c3*1-2-4-5-3-1;7*1-4(2)3;1-2-5-3-4-1;1-2-4-5-3-1;1-3-2-5-4-1;1-2-4-5-3-1;14*1-2/h1-5H;2*1-4H;7*4H,1-3H3;1-3H,(H,4,5);2-3H,1H2;2*1-2H,(H,3,4,5);14*1-2H3. The Kier molecular flexibility index (Phi) is 373. The molecule has 0 saturated carbocycles. The number of nitrogens with zero attached hydrogens (tertiary/aromatic N) is 7. The van der Waals surface area contributed by atoms with E-state index in [2.05, 4.69) is 206 Å². The maximum Gasteiger partial charge on any atom is 0.137 e. The Morgan fingerprint density at radius 2 is 0.582 bits per heavy atom. The maximum absolute atomic E-state index is 4.58. The van der Waals surface area contributed by atoms with Crippen molar-refractivity contribution in [1.82, 2.24) is 45.5 Å². The largest absolute Gasteiger partial charge is 0.473 e. The van der Waals surface area contributed by atoms with Crippen molar-refractivity contribution >= 4 is 23.8 Å². The second-order valence-electron chi connectivity index (χ2n) is 17.5. The van der Waals surface area contributed by atoms with Crippen LogP contribution in [0.25, 0.3) is 0 Å². The summed E-state index contributed by atoms with van der Waals surface area (Å²) in [5, 5.41) is 26.5. The zero-order chi connectivity index (χ0) is 77.8. The van der Waals surface area contributed by atoms with E-state index in [9.17, 15) is 0 Å². The third-order valence-corrected chi connectivity index (χ3v) is 3.48. The monoisotopic (exact) mass is 1320 g/mol. The minimum absolute atomic E-state index is 0.833. The van der Waals surface area contributed by atoms with Crippen LogP contribution in [0.5, 0.6) is 0 Å². The lowest BCUT2D eigenvalue weighted by atomic mass is 10.3. The first kappa shape index (κ1) is 147. The molecule has 0 atom stereocenters. The van der Waals surface area contributed by atoms with Crippen molar-refractivity contribution < 1.29 is 4.42 Å². The number of hydrogen-bond acceptors (Lipinski definition) is 9. The molecule has 6 aromatic rings. The van der Waals surface area contributed by atoms with Gasteiger partial charge in [-0.25, -0.2) is 9.97 Å². The molecule has 0 bridgehead atoms. The average molecular weight is 1320 g/mol. The Bertz CT molecular complexity index is 1010. The minimum Gasteiger partial charge on any atom is -0.473 e. The quantitative estimate of drug-likeness (QED) is 0.118. The summed E-state index contributed by atoms with van der Waals surface area (Å²) in [6, 6.07) is 11.6. The maximum atomic E-state index is 4.58. The Balaban J connectivity index is -0.0000000297. The molecule has 4 N–H and O–H groups in total. The highest BCUT2D eigenvalue weighted by Crippen LogP contribution is 1.91. The molecule has 13 heteroatoms. The van der Waals surface area contributed by atoms with Crippen LogP contribution in [-0.4, -0.2) is 58.0 Å². The molecule has 7 heterocycles. The van der Waals surface area contributed by atoms with E-state index in [0.717, 1.165) is 47.8 Å². The fraction of sp³-hybridized carbons (Fsp3) is 0.731. The number of nitrogens with one attached hydrogen (secondary N) is 4. The first-order chi connectivity index (χ1) is 43.6. The third kappa shape index (κ3) is 649. The van der Waals surface area contributed by atoms with Crippen molar-refractivity contribution in [1.29, 1.82) is 0 Å². The predicted molar refractivity (Wildman–Crippen MR) is 439 cm³/mol. The van der Waals surface area contributed by atoms with Crippen molar-refractivity contribution in [3.8, 4) is 0 Å². The van der Waals surface area contributed by atoms with Crippen molar-refractivity contribution in [2.75, 3.05) is 0 Å². The van der Waals surface area contributed by atoms with Crippen LogP contribution in [0.1, 0.15) is 346 Å². The summed E-state index contributed by atoms with van der Waals surface area (Å²) in [4.78, 5) is 12.8. The van der Waals surface area contributed by atoms with Gasteiger partial charge in [-0.2, -0.15) is 42.0 Å². The van der Waals surface area contributed by atoms with Crippen LogP contribution < -0.4 is 0 Å². The Morgan fingerprint density at radius 1 is 0.308 bits per heavy atom. The first-order valence-electron chi connectivity index (χ1n) is 36.2. The smallest absolute Gasteiger partial charge is 0.137 e. The van der Waals surface area contributed by atoms with Gasteiger partial charge in [0.05, 0.1) is 31.2 Å². The molecule has 0 fully saturated rings. The van der Waals surface area contributed by atoms with E-state index in [1.807, 2.05) is 253 Å². The normalized spacial score (nSPS) is 7.30. The lowest BCUT2D eigenvalue weighted by Gasteiger charge is -1.79. The second-order valence-corrected chi connectivity index (χ2v) is 18.3. The molecule has 12 nitrogen and oxygen atoms in total. The molecular weight excluding hydrogens is 1140 g/mol. The van der Waals surface area contributed by atoms with Gasteiger partial charge in [0, 0.05) is 43.6 Å². The van der Waals surface area contributed by atoms with E-state index in [-0.39, 0.29) is 0 Å². The van der Waals surface area contributed by atoms with Gasteiger partial charge >= 0.3 is 0 Å². The van der Waals surface area contributed by atoms with Crippen molar-refractivity contribution in [2.45, 2.75) is 346 Å². The zero-order valence-corrected chi connectivity index (χ0v) is 72.6. The van der Waals surface area contributed by atoms with Crippen molar-refractivity contribution in [2.24, 2.45) is 51.6 Å². The van der Waals surface area contributed by atoms with Crippen LogP contribution in [0.2, 0.25) is 0 Å². The number of hydrogen-bond donors (Lipinski definition) is 4. The van der Waals surface area contributed by atoms with Gasteiger partial charge in [0.2, 0.25) is 0 Å². The molecule has 0 saturated heterocycles. The molecule has 1 aliphatic rings. The van der Waals surface area contributed by atoms with Crippen LogP contribution in [0, 0.1) is 41.4 Å². The first-order valence-corrected chi connectivity index (χ1v) is 37.1. The van der Waals surface area contributed by atoms with Gasteiger partial charge in [-0.3, -0.25) is 5.10 Å². The molecule has 0 spiro atoms. The molecular formula is C78H181N11OS. The summed E-state index contributed by atoms with van der Waals surface area (Å²) >= 11 is 1.71. The van der Waals surface area contributed by atoms with Gasteiger partial charge in [0.15, 0.2) is 0 Å². The highest BCUT2D eigenvalue weighted by Gasteiger charge is 1.75. The second kappa shape index (κ2) is 231. The van der Waals surface area contributed by atoms with E-state index in [4.69, 9.17) is 0 Å². The molecule has 560 valence electrons. The van der Waals surface area contributed by atoms with Crippen LogP contribution in [0.3, 0.4) is 0 Å². The number of thiophene rings is 1. The number of aromatic nitrogens is 9. The van der Waals surface area contributed by atoms with Crippen LogP contribution in [0.4, 0.5) is 0 Å². The minimum atomic E-state index is 0.833. The van der Waals surface area contributed by atoms with Crippen LogP contribution in [0.15, 0.2) is 130 Å². The van der Waals surface area contributed by atoms with Crippen molar-refractivity contribution in [3.63, 3.8) is 0 Å². The highest BCUT2D eigenvalue weighted by molar-refractivity contribution is 7.07.